The Morgan fingerprint density at radius 2 is 1.69 bits per heavy atom. The van der Waals surface area contributed by atoms with Gasteiger partial charge in [-0.25, -0.2) is 17.9 Å². The minimum Gasteiger partial charge on any atom is -0.464 e. The molecule has 0 atom stereocenters. The van der Waals surface area contributed by atoms with Gasteiger partial charge in [0.15, 0.2) is 5.82 Å². The Labute approximate surface area is 168 Å². The van der Waals surface area contributed by atoms with Crippen LogP contribution in [0, 0.1) is 6.92 Å². The molecule has 1 heterocycles. The van der Waals surface area contributed by atoms with Gasteiger partial charge >= 0.3 is 12.0 Å². The summed E-state index contributed by atoms with van der Waals surface area (Å²) in [5, 5.41) is 2.32. The molecular weight excluding hydrogens is 394 g/mol. The Morgan fingerprint density at radius 3 is 2.38 bits per heavy atom. The van der Waals surface area contributed by atoms with Crippen LogP contribution in [0.5, 0.6) is 6.01 Å². The molecule has 0 bridgehead atoms. The van der Waals surface area contributed by atoms with Crippen LogP contribution in [0.15, 0.2) is 59.5 Å². The lowest BCUT2D eigenvalue weighted by Gasteiger charge is -2.11. The zero-order valence-corrected chi connectivity index (χ0v) is 16.6. The van der Waals surface area contributed by atoms with Gasteiger partial charge in [0.2, 0.25) is 5.95 Å². The van der Waals surface area contributed by atoms with Gasteiger partial charge in [0.25, 0.3) is 10.0 Å². The number of anilines is 1. The van der Waals surface area contributed by atoms with Gasteiger partial charge in [0, 0.05) is 5.56 Å². The van der Waals surface area contributed by atoms with Gasteiger partial charge in [-0.3, -0.25) is 5.32 Å². The molecule has 29 heavy (non-hydrogen) atoms. The highest BCUT2D eigenvalue weighted by Crippen LogP contribution is 2.19. The first-order chi connectivity index (χ1) is 13.9. The van der Waals surface area contributed by atoms with Crippen LogP contribution in [-0.4, -0.2) is 36.0 Å². The summed E-state index contributed by atoms with van der Waals surface area (Å²) in [6.07, 6.45) is 0. The average Bonchev–Trinajstić information content (AvgIpc) is 2.68. The number of hydrogen-bond acceptors (Lipinski definition) is 7. The van der Waals surface area contributed by atoms with Crippen molar-refractivity contribution < 1.29 is 17.9 Å². The Morgan fingerprint density at radius 1 is 1.00 bits per heavy atom. The smallest absolute Gasteiger partial charge is 0.335 e. The number of rotatable bonds is 6. The molecule has 0 spiro atoms. The van der Waals surface area contributed by atoms with Gasteiger partial charge in [0.1, 0.15) is 0 Å². The molecule has 0 unspecified atom stereocenters. The van der Waals surface area contributed by atoms with Crippen LogP contribution in [0.3, 0.4) is 0 Å². The topological polar surface area (TPSA) is 123 Å². The molecule has 0 aliphatic heterocycles. The molecule has 2 amide bonds. The molecule has 150 valence electrons. The van der Waals surface area contributed by atoms with Crippen LogP contribution < -0.4 is 14.8 Å². The summed E-state index contributed by atoms with van der Waals surface area (Å²) in [5.41, 5.74) is 1.20. The van der Waals surface area contributed by atoms with Crippen molar-refractivity contribution in [1.29, 1.82) is 0 Å². The fraction of sp³-hybridized carbons (Fsp3) is 0.158. The third kappa shape index (κ3) is 5.05. The van der Waals surface area contributed by atoms with E-state index < -0.39 is 16.1 Å². The van der Waals surface area contributed by atoms with Gasteiger partial charge in [-0.1, -0.05) is 48.5 Å². The van der Waals surface area contributed by atoms with Gasteiger partial charge in [-0.2, -0.15) is 15.0 Å². The number of nitrogens with zero attached hydrogens (tertiary/aromatic N) is 3. The van der Waals surface area contributed by atoms with Crippen LogP contribution in [0.25, 0.3) is 11.4 Å². The van der Waals surface area contributed by atoms with E-state index in [0.29, 0.717) is 17.7 Å². The van der Waals surface area contributed by atoms with E-state index in [2.05, 4.69) is 20.3 Å². The van der Waals surface area contributed by atoms with Crippen molar-refractivity contribution >= 4 is 22.0 Å². The second kappa shape index (κ2) is 8.65. The third-order valence-corrected chi connectivity index (χ3v) is 5.25. The fourth-order valence-corrected chi connectivity index (χ4v) is 3.64. The van der Waals surface area contributed by atoms with E-state index in [9.17, 15) is 13.2 Å². The number of urea groups is 1. The molecule has 3 rings (SSSR count). The summed E-state index contributed by atoms with van der Waals surface area (Å²) >= 11 is 0. The molecule has 10 heteroatoms. The third-order valence-electron chi connectivity index (χ3n) is 3.76. The van der Waals surface area contributed by atoms with Crippen molar-refractivity contribution in [3.05, 3.63) is 60.2 Å². The SMILES string of the molecule is CCOc1nc(NC(=O)NS(=O)(=O)c2ccccc2C)nc(-c2ccccc2)n1. The van der Waals surface area contributed by atoms with E-state index in [1.165, 1.54) is 6.07 Å². The normalized spacial score (nSPS) is 11.0. The number of carbonyl (C=O) groups is 1. The number of ether oxygens (including phenoxy) is 1. The molecule has 0 saturated carbocycles. The van der Waals surface area contributed by atoms with Gasteiger partial charge < -0.3 is 4.74 Å². The summed E-state index contributed by atoms with van der Waals surface area (Å²) in [4.78, 5) is 24.7. The number of aromatic nitrogens is 3. The first-order valence-electron chi connectivity index (χ1n) is 8.73. The predicted molar refractivity (Wildman–Crippen MR) is 107 cm³/mol. The maximum Gasteiger partial charge on any atom is 0.335 e. The zero-order valence-electron chi connectivity index (χ0n) is 15.8. The molecule has 3 aromatic rings. The second-order valence-electron chi connectivity index (χ2n) is 5.89. The van der Waals surface area contributed by atoms with Crippen LogP contribution >= 0.6 is 0 Å². The van der Waals surface area contributed by atoms with Crippen molar-refractivity contribution in [3.8, 4) is 17.4 Å². The van der Waals surface area contributed by atoms with Crippen molar-refractivity contribution in [2.24, 2.45) is 0 Å². The maximum absolute atomic E-state index is 12.5. The largest absolute Gasteiger partial charge is 0.464 e. The van der Waals surface area contributed by atoms with Crippen LogP contribution in [0.4, 0.5) is 10.7 Å². The Bertz CT molecular complexity index is 1120. The average molecular weight is 413 g/mol. The van der Waals surface area contributed by atoms with E-state index >= 15 is 0 Å². The molecule has 0 aliphatic rings. The number of sulfonamides is 1. The lowest BCUT2D eigenvalue weighted by atomic mass is 10.2. The minimum atomic E-state index is -4.06. The summed E-state index contributed by atoms with van der Waals surface area (Å²) in [5.74, 6) is 0.140. The first-order valence-corrected chi connectivity index (χ1v) is 10.2. The Balaban J connectivity index is 1.84. The van der Waals surface area contributed by atoms with Gasteiger partial charge in [-0.15, -0.1) is 0 Å². The predicted octanol–water partition coefficient (Wildman–Crippen LogP) is 2.76. The summed E-state index contributed by atoms with van der Waals surface area (Å²) in [6.45, 7) is 3.71. The highest BCUT2D eigenvalue weighted by molar-refractivity contribution is 7.90. The number of hydrogen-bond donors (Lipinski definition) is 2. The number of aryl methyl sites for hydroxylation is 1. The highest BCUT2D eigenvalue weighted by Gasteiger charge is 2.20. The van der Waals surface area contributed by atoms with E-state index in [0.717, 1.165) is 0 Å². The molecule has 0 radical (unpaired) electrons. The Kier molecular flexibility index (Phi) is 6.03. The zero-order chi connectivity index (χ0) is 20.9. The standard InChI is InChI=1S/C19H19N5O4S/c1-3-28-19-21-16(14-10-5-4-6-11-14)20-17(23-19)22-18(25)24-29(26,27)15-12-8-7-9-13(15)2/h4-12H,3H2,1-2H3,(H2,20,21,22,23,24,25). The van der Waals surface area contributed by atoms with E-state index in [1.807, 2.05) is 22.9 Å². The number of benzene rings is 2. The van der Waals surface area contributed by atoms with Crippen molar-refractivity contribution in [2.75, 3.05) is 11.9 Å². The molecular formula is C19H19N5O4S. The highest BCUT2D eigenvalue weighted by atomic mass is 32.2. The molecule has 2 N–H and O–H groups in total. The minimum absolute atomic E-state index is 0.00535. The van der Waals surface area contributed by atoms with Crippen molar-refractivity contribution in [3.63, 3.8) is 0 Å². The number of nitrogens with one attached hydrogen (secondary N) is 2. The van der Waals surface area contributed by atoms with Crippen molar-refractivity contribution in [1.82, 2.24) is 19.7 Å². The van der Waals surface area contributed by atoms with Crippen LogP contribution in [0.1, 0.15) is 12.5 Å². The fourth-order valence-electron chi connectivity index (χ4n) is 2.48. The molecule has 0 saturated heterocycles. The maximum atomic E-state index is 12.5. The molecule has 2 aromatic carbocycles. The first kappa shape index (κ1) is 20.2. The summed E-state index contributed by atoms with van der Waals surface area (Å²) in [7, 11) is -4.06. The lowest BCUT2D eigenvalue weighted by molar-refractivity contribution is 0.256. The van der Waals surface area contributed by atoms with Crippen LogP contribution in [-0.2, 0) is 10.0 Å². The van der Waals surface area contributed by atoms with Gasteiger partial charge in [0.05, 0.1) is 11.5 Å². The molecule has 1 aromatic heterocycles. The van der Waals surface area contributed by atoms with Crippen molar-refractivity contribution in [2.45, 2.75) is 18.7 Å². The molecule has 0 aliphatic carbocycles. The summed E-state index contributed by atoms with van der Waals surface area (Å²) in [6, 6.07) is 14.4. The van der Waals surface area contributed by atoms with E-state index in [1.54, 1.807) is 44.2 Å². The summed E-state index contributed by atoms with van der Waals surface area (Å²) < 4.78 is 32.2. The monoisotopic (exact) mass is 413 g/mol. The molecule has 9 nitrogen and oxygen atoms in total. The van der Waals surface area contributed by atoms with E-state index in [4.69, 9.17) is 4.74 Å². The number of carbonyl (C=O) groups excluding carboxylic acids is 1. The Hall–Kier alpha value is -3.53. The number of amides is 2. The lowest BCUT2D eigenvalue weighted by Crippen LogP contribution is -2.35. The van der Waals surface area contributed by atoms with E-state index in [-0.39, 0.29) is 22.7 Å². The van der Waals surface area contributed by atoms with Gasteiger partial charge in [-0.05, 0) is 25.5 Å². The quantitative estimate of drug-likeness (QED) is 0.637. The van der Waals surface area contributed by atoms with Crippen LogP contribution in [0.2, 0.25) is 0 Å². The second-order valence-corrected chi connectivity index (χ2v) is 7.54. The molecule has 0 fully saturated rings.